The number of nitrogens with one attached hydrogen (secondary N) is 1. The molecule has 29 heavy (non-hydrogen) atoms. The summed E-state index contributed by atoms with van der Waals surface area (Å²) in [6, 6.07) is 3.89. The summed E-state index contributed by atoms with van der Waals surface area (Å²) in [7, 11) is -7.84. The van der Waals surface area contributed by atoms with Crippen molar-refractivity contribution in [3.8, 4) is 5.75 Å². The second kappa shape index (κ2) is 9.41. The zero-order valence-electron chi connectivity index (χ0n) is 17.0. The van der Waals surface area contributed by atoms with Crippen LogP contribution in [0, 0.1) is 5.92 Å². The van der Waals surface area contributed by atoms with Crippen molar-refractivity contribution >= 4 is 31.6 Å². The average molecular weight is 449 g/mol. The van der Waals surface area contributed by atoms with Crippen LogP contribution in [0.1, 0.15) is 34.1 Å². The fourth-order valence-corrected chi connectivity index (χ4v) is 5.92. The number of carbonyl (C=O) groups is 1. The molecule has 1 aromatic carbocycles. The third kappa shape index (κ3) is 5.68. The zero-order valence-corrected chi connectivity index (χ0v) is 18.7. The molecule has 1 aromatic rings. The van der Waals surface area contributed by atoms with Crippen molar-refractivity contribution in [3.05, 3.63) is 18.2 Å². The molecule has 9 nitrogen and oxygen atoms in total. The molecule has 0 spiro atoms. The van der Waals surface area contributed by atoms with Crippen molar-refractivity contribution in [1.82, 2.24) is 4.72 Å². The van der Waals surface area contributed by atoms with Crippen LogP contribution in [0.15, 0.2) is 23.1 Å². The Hall–Kier alpha value is -1.69. The number of nitrogens with zero attached hydrogens (tertiary/aromatic N) is 1. The molecule has 1 N–H and O–H groups in total. The Labute approximate surface area is 172 Å². The maximum absolute atomic E-state index is 12.8. The topological polar surface area (TPSA) is 119 Å². The van der Waals surface area contributed by atoms with Gasteiger partial charge in [-0.3, -0.25) is 4.79 Å². The van der Waals surface area contributed by atoms with Crippen molar-refractivity contribution in [2.24, 2.45) is 5.92 Å². The van der Waals surface area contributed by atoms with Gasteiger partial charge < -0.3 is 9.47 Å². The minimum absolute atomic E-state index is 0.0219. The summed E-state index contributed by atoms with van der Waals surface area (Å²) in [6.45, 7) is 7.77. The molecule has 1 amide bonds. The molecular formula is C18H28N2O7S2. The number of ether oxygens (including phenoxy) is 2. The number of amides is 1. The third-order valence-corrected chi connectivity index (χ3v) is 7.53. The van der Waals surface area contributed by atoms with Crippen molar-refractivity contribution in [2.45, 2.75) is 45.1 Å². The van der Waals surface area contributed by atoms with Gasteiger partial charge in [0.25, 0.3) is 0 Å². The van der Waals surface area contributed by atoms with E-state index in [0.717, 1.165) is 6.07 Å². The van der Waals surface area contributed by atoms with Crippen LogP contribution in [0.3, 0.4) is 0 Å². The zero-order chi connectivity index (χ0) is 21.8. The molecule has 1 atom stereocenters. The highest BCUT2D eigenvalue weighted by Gasteiger charge is 2.42. The number of benzene rings is 1. The van der Waals surface area contributed by atoms with Gasteiger partial charge in [0, 0.05) is 13.2 Å². The number of carbonyl (C=O) groups excluding carboxylic acids is 1. The number of hydrogen-bond donors (Lipinski definition) is 1. The van der Waals surface area contributed by atoms with Crippen LogP contribution in [0.2, 0.25) is 0 Å². The maximum atomic E-state index is 12.8. The van der Waals surface area contributed by atoms with Crippen molar-refractivity contribution in [1.29, 1.82) is 0 Å². The predicted octanol–water partition coefficient (Wildman–Crippen LogP) is 1.49. The first-order valence-electron chi connectivity index (χ1n) is 9.44. The molecule has 1 saturated heterocycles. The van der Waals surface area contributed by atoms with Gasteiger partial charge in [-0.2, -0.15) is 0 Å². The number of anilines is 1. The fraction of sp³-hybridized carbons (Fsp3) is 0.611. The standard InChI is InChI=1S/C18H28N2O7S2/c1-5-26-16-8-7-15(20-18(21)14(4)12-28(20,22)23)11-17(16)29(24,25)19-9-6-10-27-13(2)3/h7-8,11,13-14,19H,5-6,9-10,12H2,1-4H3. The van der Waals surface area contributed by atoms with Crippen molar-refractivity contribution in [3.63, 3.8) is 0 Å². The lowest BCUT2D eigenvalue weighted by Gasteiger charge is -2.18. The number of rotatable bonds is 10. The van der Waals surface area contributed by atoms with E-state index in [1.807, 2.05) is 13.8 Å². The Morgan fingerprint density at radius 2 is 2.00 bits per heavy atom. The molecule has 1 fully saturated rings. The molecule has 0 aliphatic carbocycles. The Bertz CT molecular complexity index is 943. The van der Waals surface area contributed by atoms with Gasteiger partial charge in [-0.1, -0.05) is 6.92 Å². The van der Waals surface area contributed by atoms with E-state index in [4.69, 9.17) is 9.47 Å². The first kappa shape index (κ1) is 23.6. The van der Waals surface area contributed by atoms with Crippen LogP contribution in [0.4, 0.5) is 5.69 Å². The minimum Gasteiger partial charge on any atom is -0.492 e. The third-order valence-electron chi connectivity index (χ3n) is 4.18. The number of sulfonamides is 2. The average Bonchev–Trinajstić information content (AvgIpc) is 2.82. The quantitative estimate of drug-likeness (QED) is 0.539. The molecule has 11 heteroatoms. The highest BCUT2D eigenvalue weighted by Crippen LogP contribution is 2.34. The highest BCUT2D eigenvalue weighted by atomic mass is 32.2. The summed E-state index contributed by atoms with van der Waals surface area (Å²) in [5.74, 6) is -1.50. The summed E-state index contributed by atoms with van der Waals surface area (Å²) in [5, 5.41) is 0. The molecule has 1 heterocycles. The fourth-order valence-electron chi connectivity index (χ4n) is 2.87. The van der Waals surface area contributed by atoms with Crippen molar-refractivity contribution < 1.29 is 31.1 Å². The Kier molecular flexibility index (Phi) is 7.66. The summed E-state index contributed by atoms with van der Waals surface area (Å²) in [5.41, 5.74) is -0.0219. The molecule has 0 bridgehead atoms. The van der Waals surface area contributed by atoms with E-state index < -0.39 is 31.9 Å². The van der Waals surface area contributed by atoms with E-state index in [0.29, 0.717) is 17.3 Å². The van der Waals surface area contributed by atoms with E-state index in [9.17, 15) is 21.6 Å². The maximum Gasteiger partial charge on any atom is 0.244 e. The summed E-state index contributed by atoms with van der Waals surface area (Å²) in [4.78, 5) is 12.1. The van der Waals surface area contributed by atoms with Crippen LogP contribution >= 0.6 is 0 Å². The van der Waals surface area contributed by atoms with E-state index in [1.165, 1.54) is 19.1 Å². The second-order valence-electron chi connectivity index (χ2n) is 7.02. The van der Waals surface area contributed by atoms with Gasteiger partial charge in [0.05, 0.1) is 30.1 Å². The Morgan fingerprint density at radius 1 is 1.31 bits per heavy atom. The molecule has 1 unspecified atom stereocenters. The molecular weight excluding hydrogens is 420 g/mol. The van der Waals surface area contributed by atoms with Crippen LogP contribution < -0.4 is 13.8 Å². The molecule has 0 radical (unpaired) electrons. The van der Waals surface area contributed by atoms with Crippen LogP contribution in [-0.4, -0.2) is 54.4 Å². The van der Waals surface area contributed by atoms with E-state index in [-0.39, 0.29) is 41.3 Å². The summed E-state index contributed by atoms with van der Waals surface area (Å²) < 4.78 is 64.2. The minimum atomic E-state index is -4.00. The van der Waals surface area contributed by atoms with Gasteiger partial charge >= 0.3 is 0 Å². The van der Waals surface area contributed by atoms with Gasteiger partial charge in [0.2, 0.25) is 26.0 Å². The van der Waals surface area contributed by atoms with Gasteiger partial charge in [0.15, 0.2) is 0 Å². The number of hydrogen-bond acceptors (Lipinski definition) is 7. The SMILES string of the molecule is CCOc1ccc(N2C(=O)C(C)CS2(=O)=O)cc1S(=O)(=O)NCCCOC(C)C. The Morgan fingerprint density at radius 3 is 2.55 bits per heavy atom. The molecule has 1 aliphatic rings. The summed E-state index contributed by atoms with van der Waals surface area (Å²) >= 11 is 0. The van der Waals surface area contributed by atoms with Gasteiger partial charge in [0.1, 0.15) is 10.6 Å². The van der Waals surface area contributed by atoms with Crippen LogP contribution in [0.5, 0.6) is 5.75 Å². The predicted molar refractivity (Wildman–Crippen MR) is 109 cm³/mol. The smallest absolute Gasteiger partial charge is 0.244 e. The second-order valence-corrected chi connectivity index (χ2v) is 10.6. The largest absolute Gasteiger partial charge is 0.492 e. The monoisotopic (exact) mass is 448 g/mol. The van der Waals surface area contributed by atoms with Gasteiger partial charge in [-0.15, -0.1) is 0 Å². The lowest BCUT2D eigenvalue weighted by Crippen LogP contribution is -2.31. The Balaban J connectivity index is 2.32. The van der Waals surface area contributed by atoms with E-state index in [1.54, 1.807) is 6.92 Å². The highest BCUT2D eigenvalue weighted by molar-refractivity contribution is 7.94. The molecule has 0 saturated carbocycles. The van der Waals surface area contributed by atoms with Crippen LogP contribution in [-0.2, 0) is 29.6 Å². The van der Waals surface area contributed by atoms with Gasteiger partial charge in [-0.25, -0.2) is 25.9 Å². The normalized spacial score (nSPS) is 19.1. The van der Waals surface area contributed by atoms with Crippen molar-refractivity contribution in [2.75, 3.05) is 29.8 Å². The lowest BCUT2D eigenvalue weighted by molar-refractivity contribution is -0.119. The molecule has 2 rings (SSSR count). The van der Waals surface area contributed by atoms with Gasteiger partial charge in [-0.05, 0) is 45.4 Å². The molecule has 1 aliphatic heterocycles. The summed E-state index contributed by atoms with van der Waals surface area (Å²) in [6.07, 6.45) is 0.521. The molecule has 0 aromatic heterocycles. The lowest BCUT2D eigenvalue weighted by atomic mass is 10.2. The van der Waals surface area contributed by atoms with E-state index >= 15 is 0 Å². The first-order chi connectivity index (χ1) is 13.5. The first-order valence-corrected chi connectivity index (χ1v) is 12.5. The van der Waals surface area contributed by atoms with E-state index in [2.05, 4.69) is 4.72 Å². The van der Waals surface area contributed by atoms with Crippen LogP contribution in [0.25, 0.3) is 0 Å². The molecule has 164 valence electrons.